The van der Waals surface area contributed by atoms with Crippen LogP contribution in [0.5, 0.6) is 0 Å². The van der Waals surface area contributed by atoms with E-state index in [1.54, 1.807) is 19.1 Å². The Labute approximate surface area is 154 Å². The summed E-state index contributed by atoms with van der Waals surface area (Å²) in [7, 11) is 0. The lowest BCUT2D eigenvalue weighted by Crippen LogP contribution is -2.53. The van der Waals surface area contributed by atoms with Crippen molar-refractivity contribution in [2.45, 2.75) is 45.1 Å². The fourth-order valence-corrected chi connectivity index (χ4v) is 3.11. The van der Waals surface area contributed by atoms with Gasteiger partial charge in [-0.2, -0.15) is 0 Å². The van der Waals surface area contributed by atoms with Gasteiger partial charge in [-0.05, 0) is 44.4 Å². The number of hydrogen-bond acceptors (Lipinski definition) is 3. The number of aryl methyl sites for hydroxylation is 1. The zero-order valence-electron chi connectivity index (χ0n) is 14.7. The van der Waals surface area contributed by atoms with Gasteiger partial charge in [0.2, 0.25) is 5.91 Å². The summed E-state index contributed by atoms with van der Waals surface area (Å²) >= 11 is 0. The van der Waals surface area contributed by atoms with Gasteiger partial charge in [0.05, 0.1) is 5.92 Å². The third kappa shape index (κ3) is 5.68. The monoisotopic (exact) mass is 371 g/mol. The Balaban J connectivity index is 0.00000312. The maximum absolute atomic E-state index is 13.5. The molecule has 2 unspecified atom stereocenters. The van der Waals surface area contributed by atoms with E-state index in [0.717, 1.165) is 25.7 Å². The third-order valence-corrected chi connectivity index (χ3v) is 4.71. The topological polar surface area (TPSA) is 84.2 Å². The molecule has 140 valence electrons. The molecule has 0 saturated heterocycles. The second-order valence-electron chi connectivity index (χ2n) is 6.82. The van der Waals surface area contributed by atoms with Crippen molar-refractivity contribution < 1.29 is 14.0 Å². The quantitative estimate of drug-likeness (QED) is 0.694. The Morgan fingerprint density at radius 2 is 1.96 bits per heavy atom. The second-order valence-corrected chi connectivity index (χ2v) is 6.82. The average Bonchev–Trinajstić information content (AvgIpc) is 2.53. The standard InChI is InChI=1S/C18H26FN3O2.ClH/c1-12-6-7-13(11-15(12)19)16(23)21-9-10-22-17(24)14-5-3-4-8-18(14,2)20;/h6-7,11,14H,3-5,8-10,20H2,1-2H3,(H,21,23)(H,22,24);1H. The summed E-state index contributed by atoms with van der Waals surface area (Å²) in [6.45, 7) is 4.17. The molecule has 1 aliphatic rings. The first-order valence-electron chi connectivity index (χ1n) is 8.42. The van der Waals surface area contributed by atoms with Gasteiger partial charge in [-0.25, -0.2) is 4.39 Å². The van der Waals surface area contributed by atoms with Crippen LogP contribution in [0.15, 0.2) is 18.2 Å². The van der Waals surface area contributed by atoms with Crippen molar-refractivity contribution in [1.29, 1.82) is 0 Å². The van der Waals surface area contributed by atoms with Crippen LogP contribution >= 0.6 is 12.4 Å². The molecule has 1 saturated carbocycles. The van der Waals surface area contributed by atoms with Gasteiger partial charge in [0.15, 0.2) is 0 Å². The minimum Gasteiger partial charge on any atom is -0.354 e. The van der Waals surface area contributed by atoms with Crippen molar-refractivity contribution in [2.75, 3.05) is 13.1 Å². The summed E-state index contributed by atoms with van der Waals surface area (Å²) < 4.78 is 13.5. The number of carbonyl (C=O) groups is 2. The third-order valence-electron chi connectivity index (χ3n) is 4.71. The van der Waals surface area contributed by atoms with E-state index in [-0.39, 0.29) is 42.2 Å². The average molecular weight is 372 g/mol. The minimum atomic E-state index is -0.467. The lowest BCUT2D eigenvalue weighted by Gasteiger charge is -2.37. The molecule has 7 heteroatoms. The van der Waals surface area contributed by atoms with Gasteiger partial charge in [-0.3, -0.25) is 9.59 Å². The van der Waals surface area contributed by atoms with Crippen molar-refractivity contribution >= 4 is 24.2 Å². The molecule has 1 fully saturated rings. The number of hydrogen-bond donors (Lipinski definition) is 3. The SMILES string of the molecule is Cc1ccc(C(=O)NCCNC(=O)C2CCCCC2(C)N)cc1F.Cl. The lowest BCUT2D eigenvalue weighted by molar-refractivity contribution is -0.128. The van der Waals surface area contributed by atoms with Crippen molar-refractivity contribution in [2.24, 2.45) is 11.7 Å². The molecule has 2 atom stereocenters. The highest BCUT2D eigenvalue weighted by Gasteiger charge is 2.37. The predicted molar refractivity (Wildman–Crippen MR) is 98.3 cm³/mol. The first-order valence-corrected chi connectivity index (χ1v) is 8.42. The normalized spacial score (nSPS) is 22.6. The van der Waals surface area contributed by atoms with Crippen molar-refractivity contribution in [1.82, 2.24) is 10.6 Å². The van der Waals surface area contributed by atoms with Gasteiger partial charge in [-0.1, -0.05) is 18.9 Å². The number of halogens is 2. The maximum Gasteiger partial charge on any atom is 0.251 e. The Morgan fingerprint density at radius 1 is 1.28 bits per heavy atom. The van der Waals surface area contributed by atoms with Crippen LogP contribution in [0.1, 0.15) is 48.5 Å². The zero-order chi connectivity index (χ0) is 17.7. The Bertz CT molecular complexity index is 622. The number of nitrogens with two attached hydrogens (primary N) is 1. The van der Waals surface area contributed by atoms with Crippen LogP contribution in [0.4, 0.5) is 4.39 Å². The van der Waals surface area contributed by atoms with Crippen LogP contribution in [-0.4, -0.2) is 30.4 Å². The van der Waals surface area contributed by atoms with Gasteiger partial charge in [0, 0.05) is 24.2 Å². The van der Waals surface area contributed by atoms with Crippen molar-refractivity contribution in [3.05, 3.63) is 35.1 Å². The van der Waals surface area contributed by atoms with E-state index < -0.39 is 11.4 Å². The molecule has 0 aliphatic heterocycles. The lowest BCUT2D eigenvalue weighted by atomic mass is 9.74. The Hall–Kier alpha value is -1.66. The molecule has 0 aromatic heterocycles. The highest BCUT2D eigenvalue weighted by molar-refractivity contribution is 5.94. The minimum absolute atomic E-state index is 0. The Kier molecular flexibility index (Phi) is 7.83. The molecular formula is C18H27ClFN3O2. The zero-order valence-corrected chi connectivity index (χ0v) is 15.5. The summed E-state index contributed by atoms with van der Waals surface area (Å²) in [6.07, 6.45) is 3.72. The fourth-order valence-electron chi connectivity index (χ4n) is 3.11. The molecule has 0 radical (unpaired) electrons. The maximum atomic E-state index is 13.5. The van der Waals surface area contributed by atoms with Crippen molar-refractivity contribution in [3.8, 4) is 0 Å². The first-order chi connectivity index (χ1) is 11.3. The van der Waals surface area contributed by atoms with E-state index >= 15 is 0 Å². The number of nitrogens with one attached hydrogen (secondary N) is 2. The molecule has 5 nitrogen and oxygen atoms in total. The number of benzene rings is 1. The number of rotatable bonds is 5. The Morgan fingerprint density at radius 3 is 2.60 bits per heavy atom. The molecular weight excluding hydrogens is 345 g/mol. The molecule has 0 heterocycles. The molecule has 0 bridgehead atoms. The van der Waals surface area contributed by atoms with Gasteiger partial charge < -0.3 is 16.4 Å². The summed E-state index contributed by atoms with van der Waals surface area (Å²) in [6, 6.07) is 4.36. The molecule has 0 spiro atoms. The summed E-state index contributed by atoms with van der Waals surface area (Å²) in [4.78, 5) is 24.2. The molecule has 2 rings (SSSR count). The van der Waals surface area contributed by atoms with Gasteiger partial charge in [0.1, 0.15) is 5.82 Å². The van der Waals surface area contributed by atoms with E-state index in [0.29, 0.717) is 12.1 Å². The largest absolute Gasteiger partial charge is 0.354 e. The molecule has 2 amide bonds. The van der Waals surface area contributed by atoms with Crippen LogP contribution in [0, 0.1) is 18.7 Å². The van der Waals surface area contributed by atoms with Crippen molar-refractivity contribution in [3.63, 3.8) is 0 Å². The number of carbonyl (C=O) groups excluding carboxylic acids is 2. The molecule has 1 aromatic carbocycles. The highest BCUT2D eigenvalue weighted by Crippen LogP contribution is 2.31. The van der Waals surface area contributed by atoms with E-state index in [9.17, 15) is 14.0 Å². The first kappa shape index (κ1) is 21.4. The van der Waals surface area contributed by atoms with Crippen LogP contribution in [0.2, 0.25) is 0 Å². The van der Waals surface area contributed by atoms with Crippen LogP contribution in [0.25, 0.3) is 0 Å². The predicted octanol–water partition coefficient (Wildman–Crippen LogP) is 2.31. The smallest absolute Gasteiger partial charge is 0.251 e. The summed E-state index contributed by atoms with van der Waals surface area (Å²) in [5.41, 5.74) is 6.51. The van der Waals surface area contributed by atoms with Gasteiger partial charge in [0.25, 0.3) is 5.91 Å². The molecule has 4 N–H and O–H groups in total. The van der Waals surface area contributed by atoms with E-state index in [2.05, 4.69) is 10.6 Å². The summed E-state index contributed by atoms with van der Waals surface area (Å²) in [5.74, 6) is -1.01. The van der Waals surface area contributed by atoms with Crippen LogP contribution in [0.3, 0.4) is 0 Å². The van der Waals surface area contributed by atoms with Gasteiger partial charge >= 0.3 is 0 Å². The van der Waals surface area contributed by atoms with Crippen LogP contribution in [-0.2, 0) is 4.79 Å². The van der Waals surface area contributed by atoms with E-state index in [1.807, 2.05) is 6.92 Å². The fraction of sp³-hybridized carbons (Fsp3) is 0.556. The molecule has 25 heavy (non-hydrogen) atoms. The number of amides is 2. The molecule has 1 aliphatic carbocycles. The summed E-state index contributed by atoms with van der Waals surface area (Å²) in [5, 5.41) is 5.50. The highest BCUT2D eigenvalue weighted by atomic mass is 35.5. The van der Waals surface area contributed by atoms with E-state index in [4.69, 9.17) is 5.73 Å². The molecule has 1 aromatic rings. The van der Waals surface area contributed by atoms with Crippen LogP contribution < -0.4 is 16.4 Å². The van der Waals surface area contributed by atoms with Gasteiger partial charge in [-0.15, -0.1) is 12.4 Å². The van der Waals surface area contributed by atoms with E-state index in [1.165, 1.54) is 6.07 Å². The second kappa shape index (κ2) is 9.15.